The molecule has 0 saturated carbocycles. The maximum absolute atomic E-state index is 10.9. The van der Waals surface area contributed by atoms with Crippen molar-refractivity contribution < 1.29 is 29.4 Å². The van der Waals surface area contributed by atoms with E-state index in [1.54, 1.807) is 12.1 Å². The van der Waals surface area contributed by atoms with E-state index in [1.807, 2.05) is 32.9 Å². The van der Waals surface area contributed by atoms with Gasteiger partial charge in [-0.05, 0) is 17.0 Å². The van der Waals surface area contributed by atoms with Gasteiger partial charge in [-0.15, -0.1) is 0 Å². The van der Waals surface area contributed by atoms with Crippen molar-refractivity contribution in [2.24, 2.45) is 0 Å². The number of benzene rings is 1. The number of rotatable bonds is 1. The smallest absolute Gasteiger partial charge is 0.335 e. The number of hydrogen-bond donors (Lipinski definition) is 1. The average Bonchev–Trinajstić information content (AvgIpc) is 2.03. The van der Waals surface area contributed by atoms with Crippen molar-refractivity contribution in [3.8, 4) is 0 Å². The molecule has 1 aromatic rings. The predicted molar refractivity (Wildman–Crippen MR) is 52.1 cm³/mol. The van der Waals surface area contributed by atoms with Crippen LogP contribution in [0.15, 0.2) is 24.3 Å². The summed E-state index contributed by atoms with van der Waals surface area (Å²) in [4.78, 5) is 10.9. The van der Waals surface area contributed by atoms with E-state index in [4.69, 9.17) is 5.11 Å². The van der Waals surface area contributed by atoms with E-state index in [2.05, 4.69) is 0 Å². The normalized spacial score (nSPS) is 10.5. The van der Waals surface area contributed by atoms with Crippen LogP contribution in [0.1, 0.15) is 36.7 Å². The van der Waals surface area contributed by atoms with Crippen LogP contribution < -0.4 is 0 Å². The van der Waals surface area contributed by atoms with Crippen molar-refractivity contribution in [2.45, 2.75) is 26.2 Å². The topological polar surface area (TPSA) is 37.3 Å². The molecule has 0 bridgehead atoms. The van der Waals surface area contributed by atoms with Crippen molar-refractivity contribution in [3.63, 3.8) is 0 Å². The van der Waals surface area contributed by atoms with Gasteiger partial charge in [0, 0.05) is 19.5 Å². The minimum Gasteiger partial charge on any atom is -0.478 e. The van der Waals surface area contributed by atoms with Gasteiger partial charge in [-0.1, -0.05) is 39.0 Å². The zero-order valence-corrected chi connectivity index (χ0v) is 11.8. The molecule has 3 heteroatoms. The molecule has 0 aliphatic rings. The summed E-state index contributed by atoms with van der Waals surface area (Å²) in [6, 6.07) is 7.12. The van der Waals surface area contributed by atoms with E-state index in [-0.39, 0.29) is 24.9 Å². The van der Waals surface area contributed by atoms with Crippen LogP contribution in [-0.2, 0) is 24.9 Å². The largest absolute Gasteiger partial charge is 0.478 e. The molecule has 1 rings (SSSR count). The van der Waals surface area contributed by atoms with Crippen LogP contribution in [0.25, 0.3) is 0 Å². The van der Waals surface area contributed by atoms with Crippen molar-refractivity contribution in [1.29, 1.82) is 0 Å². The molecule has 0 unspecified atom stereocenters. The first-order valence-electron chi connectivity index (χ1n) is 4.26. The van der Waals surface area contributed by atoms with Crippen LogP contribution in [0.4, 0.5) is 0 Å². The molecule has 0 atom stereocenters. The number of carboxylic acids is 1. The molecule has 0 aliphatic carbocycles. The van der Waals surface area contributed by atoms with Gasteiger partial charge < -0.3 is 5.11 Å². The maximum Gasteiger partial charge on any atom is 0.335 e. The summed E-state index contributed by atoms with van der Waals surface area (Å²) in [6.45, 7) is 6.03. The quantitative estimate of drug-likeness (QED) is 0.770. The molecule has 0 amide bonds. The summed E-state index contributed by atoms with van der Waals surface area (Å²) in [5.74, 6) is -0.856. The van der Waals surface area contributed by atoms with E-state index in [0.717, 1.165) is 5.56 Å². The molecule has 0 fully saturated rings. The van der Waals surface area contributed by atoms with E-state index in [9.17, 15) is 4.79 Å². The van der Waals surface area contributed by atoms with E-state index in [0.29, 0.717) is 5.56 Å². The standard InChI is InChI=1S/C11H14O2.Zn/c1-11(2,3)9-7-5-4-6-8(9)10(12)13;/h4-7H,1-3H3,(H,12,13);. The van der Waals surface area contributed by atoms with Crippen molar-refractivity contribution >= 4 is 5.97 Å². The Labute approximate surface area is 97.1 Å². The van der Waals surface area contributed by atoms with Gasteiger partial charge in [0.25, 0.3) is 0 Å². The number of carbonyl (C=O) groups is 1. The second-order valence-corrected chi connectivity index (χ2v) is 4.10. The summed E-state index contributed by atoms with van der Waals surface area (Å²) < 4.78 is 0. The molecule has 0 spiro atoms. The van der Waals surface area contributed by atoms with Crippen LogP contribution in [0.2, 0.25) is 0 Å². The first-order chi connectivity index (χ1) is 5.93. The fraction of sp³-hybridized carbons (Fsp3) is 0.364. The first kappa shape index (κ1) is 13.3. The summed E-state index contributed by atoms with van der Waals surface area (Å²) in [5.41, 5.74) is 1.16. The Balaban J connectivity index is 0.00000169. The minimum absolute atomic E-state index is 0. The number of carboxylic acid groups (broad SMARTS) is 1. The molecule has 0 aromatic heterocycles. The van der Waals surface area contributed by atoms with Gasteiger partial charge in [0.1, 0.15) is 0 Å². The fourth-order valence-electron chi connectivity index (χ4n) is 1.32. The average molecular weight is 244 g/mol. The van der Waals surface area contributed by atoms with Crippen molar-refractivity contribution in [3.05, 3.63) is 35.4 Å². The number of aromatic carboxylic acids is 1. The van der Waals surface area contributed by atoms with Crippen LogP contribution in [0, 0.1) is 0 Å². The summed E-state index contributed by atoms with van der Waals surface area (Å²) in [6.07, 6.45) is 0. The molecule has 0 radical (unpaired) electrons. The van der Waals surface area contributed by atoms with Gasteiger partial charge in [-0.3, -0.25) is 0 Å². The molecule has 0 aliphatic heterocycles. The minimum atomic E-state index is -0.856. The van der Waals surface area contributed by atoms with Crippen LogP contribution in [0.3, 0.4) is 0 Å². The molecule has 72 valence electrons. The second-order valence-electron chi connectivity index (χ2n) is 4.10. The van der Waals surface area contributed by atoms with E-state index >= 15 is 0 Å². The van der Waals surface area contributed by atoms with Crippen molar-refractivity contribution in [1.82, 2.24) is 0 Å². The third kappa shape index (κ3) is 2.92. The first-order valence-corrected chi connectivity index (χ1v) is 4.26. The van der Waals surface area contributed by atoms with Crippen molar-refractivity contribution in [2.75, 3.05) is 0 Å². The molecule has 1 N–H and O–H groups in total. The summed E-state index contributed by atoms with van der Waals surface area (Å²) in [7, 11) is 0. The second kappa shape index (κ2) is 4.70. The third-order valence-electron chi connectivity index (χ3n) is 1.97. The van der Waals surface area contributed by atoms with E-state index < -0.39 is 5.97 Å². The number of hydrogen-bond acceptors (Lipinski definition) is 1. The zero-order chi connectivity index (χ0) is 10.1. The fourth-order valence-corrected chi connectivity index (χ4v) is 1.32. The Morgan fingerprint density at radius 1 is 1.21 bits per heavy atom. The Morgan fingerprint density at radius 3 is 2.07 bits per heavy atom. The summed E-state index contributed by atoms with van der Waals surface area (Å²) in [5, 5.41) is 8.93. The molecular formula is C11H14O2Zn. The van der Waals surface area contributed by atoms with E-state index in [1.165, 1.54) is 0 Å². The Bertz CT molecular complexity index is 326. The Kier molecular flexibility index (Phi) is 4.47. The van der Waals surface area contributed by atoms with Gasteiger partial charge in [0.15, 0.2) is 0 Å². The third-order valence-corrected chi connectivity index (χ3v) is 1.97. The maximum atomic E-state index is 10.9. The molecule has 2 nitrogen and oxygen atoms in total. The van der Waals surface area contributed by atoms with Crippen LogP contribution in [-0.4, -0.2) is 11.1 Å². The van der Waals surface area contributed by atoms with Gasteiger partial charge in [-0.2, -0.15) is 0 Å². The van der Waals surface area contributed by atoms with Crippen LogP contribution in [0.5, 0.6) is 0 Å². The van der Waals surface area contributed by atoms with Gasteiger partial charge in [0.05, 0.1) is 5.56 Å². The zero-order valence-electron chi connectivity index (χ0n) is 8.87. The van der Waals surface area contributed by atoms with Crippen LogP contribution >= 0.6 is 0 Å². The molecule has 0 saturated heterocycles. The predicted octanol–water partition coefficient (Wildman–Crippen LogP) is 2.68. The SMILES string of the molecule is CC(C)(C)c1ccccc1C(=O)O.[Zn]. The molecular weight excluding hydrogens is 230 g/mol. The Hall–Kier alpha value is -0.687. The molecule has 0 heterocycles. The van der Waals surface area contributed by atoms with Gasteiger partial charge in [0.2, 0.25) is 0 Å². The van der Waals surface area contributed by atoms with Gasteiger partial charge in [-0.25, -0.2) is 4.79 Å². The summed E-state index contributed by atoms with van der Waals surface area (Å²) >= 11 is 0. The molecule has 14 heavy (non-hydrogen) atoms. The molecule has 1 aromatic carbocycles. The van der Waals surface area contributed by atoms with Gasteiger partial charge >= 0.3 is 5.97 Å². The Morgan fingerprint density at radius 2 is 1.71 bits per heavy atom. The monoisotopic (exact) mass is 242 g/mol.